The van der Waals surface area contributed by atoms with Gasteiger partial charge in [-0.1, -0.05) is 74.1 Å². The summed E-state index contributed by atoms with van der Waals surface area (Å²) in [7, 11) is 0. The van der Waals surface area contributed by atoms with E-state index >= 15 is 0 Å². The molecule has 1 N–H and O–H groups in total. The molecule has 2 aromatic heterocycles. The Labute approximate surface area is 308 Å². The van der Waals surface area contributed by atoms with E-state index in [1.165, 1.54) is 24.3 Å². The fourth-order valence-corrected chi connectivity index (χ4v) is 7.49. The molecule has 3 heterocycles. The van der Waals surface area contributed by atoms with Crippen LogP contribution in [0.5, 0.6) is 0 Å². The lowest BCUT2D eigenvalue weighted by molar-refractivity contribution is -0.138. The topological polar surface area (TPSA) is 87.1 Å². The molecule has 0 aliphatic carbocycles. The van der Waals surface area contributed by atoms with Crippen molar-refractivity contribution in [3.8, 4) is 11.1 Å². The highest BCUT2D eigenvalue weighted by atomic mass is 32.2. The average Bonchev–Trinajstić information content (AvgIpc) is 3.70. The molecule has 1 amide bonds. The third-order valence-electron chi connectivity index (χ3n) is 9.78. The summed E-state index contributed by atoms with van der Waals surface area (Å²) in [4.78, 5) is 36.3. The van der Waals surface area contributed by atoms with Gasteiger partial charge in [0.15, 0.2) is 16.8 Å². The highest BCUT2D eigenvalue weighted by Gasteiger charge is 2.31. The smallest absolute Gasteiger partial charge is 0.334 e. The van der Waals surface area contributed by atoms with Gasteiger partial charge in [-0.05, 0) is 59.8 Å². The summed E-state index contributed by atoms with van der Waals surface area (Å²) < 4.78 is 69.5. The molecule has 8 nitrogen and oxygen atoms in total. The number of alkyl halides is 3. The summed E-state index contributed by atoms with van der Waals surface area (Å²) in [5.74, 6) is -2.59. The number of aromatic nitrogens is 4. The van der Waals surface area contributed by atoms with Gasteiger partial charge in [-0.25, -0.2) is 8.78 Å². The van der Waals surface area contributed by atoms with Crippen LogP contribution in [0.1, 0.15) is 60.4 Å². The number of hydrogen-bond donors (Lipinski definition) is 1. The predicted molar refractivity (Wildman–Crippen MR) is 193 cm³/mol. The van der Waals surface area contributed by atoms with E-state index in [9.17, 15) is 31.5 Å². The summed E-state index contributed by atoms with van der Waals surface area (Å²) in [6, 6.07) is 16.2. The standard InChI is InChI=1S/C39H39F5N6O2S/c1-3-48-17-15-32(16-18-48)50(21-26-7-9-27(10-8-26)28-11-13-31(14-12-28)39(42,43)44)35(51)23-49-22-33(25(2)30-19-45-46-20-30)37(52)47-38(49)53-24-29-5-4-6-34(40)36(29)41/h4-14,19-20,22,25,32H,3,15-18,21,23-24H2,1-2H3,(H,45,46). The van der Waals surface area contributed by atoms with E-state index in [2.05, 4.69) is 27.0 Å². The summed E-state index contributed by atoms with van der Waals surface area (Å²) in [5.41, 5.74) is 2.21. The Hall–Kier alpha value is -4.82. The third kappa shape index (κ3) is 9.05. The zero-order valence-electron chi connectivity index (χ0n) is 29.2. The van der Waals surface area contributed by atoms with Crippen LogP contribution < -0.4 is 5.56 Å². The minimum absolute atomic E-state index is 0.0225. The molecule has 0 bridgehead atoms. The van der Waals surface area contributed by atoms with Gasteiger partial charge in [-0.15, -0.1) is 0 Å². The lowest BCUT2D eigenvalue weighted by Crippen LogP contribution is -2.48. The molecular formula is C39H39F5N6O2S. The van der Waals surface area contributed by atoms with Crippen molar-refractivity contribution in [2.24, 2.45) is 0 Å². The molecule has 1 aliphatic rings. The van der Waals surface area contributed by atoms with Crippen molar-refractivity contribution in [2.75, 3.05) is 19.6 Å². The number of nitrogens with zero attached hydrogens (tertiary/aromatic N) is 5. The van der Waals surface area contributed by atoms with Crippen LogP contribution in [0.15, 0.2) is 95.3 Å². The number of carbonyl (C=O) groups is 1. The Bertz CT molecular complexity index is 2060. The van der Waals surface area contributed by atoms with Gasteiger partial charge < -0.3 is 14.4 Å². The lowest BCUT2D eigenvalue weighted by atomic mass is 9.98. The first-order valence-electron chi connectivity index (χ1n) is 17.4. The summed E-state index contributed by atoms with van der Waals surface area (Å²) in [6.45, 7) is 6.61. The lowest BCUT2D eigenvalue weighted by Gasteiger charge is -2.38. The Morgan fingerprint density at radius 2 is 1.70 bits per heavy atom. The first-order chi connectivity index (χ1) is 25.4. The summed E-state index contributed by atoms with van der Waals surface area (Å²) in [5, 5.41) is 6.94. The molecule has 1 fully saturated rings. The van der Waals surface area contributed by atoms with Gasteiger partial charge in [-0.3, -0.25) is 14.7 Å². The Kier molecular flexibility index (Phi) is 11.8. The number of likely N-dealkylation sites (tertiary alicyclic amines) is 1. The summed E-state index contributed by atoms with van der Waals surface area (Å²) in [6.07, 6.45) is 2.01. The van der Waals surface area contributed by atoms with Crippen LogP contribution in [0, 0.1) is 11.6 Å². The van der Waals surface area contributed by atoms with Gasteiger partial charge in [-0.2, -0.15) is 23.3 Å². The van der Waals surface area contributed by atoms with Gasteiger partial charge in [0.05, 0.1) is 11.8 Å². The van der Waals surface area contributed by atoms with Crippen molar-refractivity contribution < 1.29 is 26.7 Å². The Balaban J connectivity index is 1.29. The first kappa shape index (κ1) is 37.9. The van der Waals surface area contributed by atoms with Gasteiger partial charge in [0, 0.05) is 60.9 Å². The number of aromatic amines is 1. The average molecular weight is 751 g/mol. The zero-order chi connectivity index (χ0) is 37.7. The number of hydrogen-bond acceptors (Lipinski definition) is 6. The second kappa shape index (κ2) is 16.5. The summed E-state index contributed by atoms with van der Waals surface area (Å²) >= 11 is 1.04. The molecule has 0 radical (unpaired) electrons. The van der Waals surface area contributed by atoms with Gasteiger partial charge in [0.25, 0.3) is 5.56 Å². The third-order valence-corrected chi connectivity index (χ3v) is 10.8. The number of amides is 1. The highest BCUT2D eigenvalue weighted by Crippen LogP contribution is 2.32. The quantitative estimate of drug-likeness (QED) is 0.0794. The number of H-pyrrole nitrogens is 1. The van der Waals surface area contributed by atoms with Crippen molar-refractivity contribution in [1.82, 2.24) is 29.5 Å². The monoisotopic (exact) mass is 750 g/mol. The van der Waals surface area contributed by atoms with E-state index in [4.69, 9.17) is 0 Å². The zero-order valence-corrected chi connectivity index (χ0v) is 30.1. The van der Waals surface area contributed by atoms with Crippen LogP contribution in [0.4, 0.5) is 22.0 Å². The highest BCUT2D eigenvalue weighted by molar-refractivity contribution is 7.98. The molecule has 1 atom stereocenters. The number of rotatable bonds is 12. The Morgan fingerprint density at radius 1 is 1.02 bits per heavy atom. The van der Waals surface area contributed by atoms with E-state index < -0.39 is 34.9 Å². The largest absolute Gasteiger partial charge is 0.416 e. The molecule has 3 aromatic carbocycles. The van der Waals surface area contributed by atoms with Gasteiger partial charge >= 0.3 is 6.18 Å². The van der Waals surface area contributed by atoms with E-state index in [0.29, 0.717) is 11.1 Å². The van der Waals surface area contributed by atoms with Gasteiger partial charge in [0.2, 0.25) is 5.91 Å². The molecule has 1 aliphatic heterocycles. The predicted octanol–water partition coefficient (Wildman–Crippen LogP) is 7.89. The molecule has 53 heavy (non-hydrogen) atoms. The SMILES string of the molecule is CCN1CCC(N(Cc2ccc(-c3ccc(C(F)(F)F)cc3)cc2)C(=O)Cn2cc(C(C)c3cn[nH]c3)c(=O)nc2SCc2cccc(F)c2F)CC1. The van der Waals surface area contributed by atoms with E-state index in [-0.39, 0.29) is 41.5 Å². The number of thioether (sulfide) groups is 1. The number of carbonyl (C=O) groups excluding carboxylic acids is 1. The molecule has 278 valence electrons. The number of nitrogens with one attached hydrogen (secondary N) is 1. The van der Waals surface area contributed by atoms with Crippen LogP contribution in [0.2, 0.25) is 0 Å². The van der Waals surface area contributed by atoms with Crippen LogP contribution in [0.3, 0.4) is 0 Å². The van der Waals surface area contributed by atoms with Crippen molar-refractivity contribution in [3.05, 3.63) is 135 Å². The minimum atomic E-state index is -4.42. The van der Waals surface area contributed by atoms with Gasteiger partial charge in [0.1, 0.15) is 6.54 Å². The second-order valence-corrected chi connectivity index (χ2v) is 14.1. The number of piperidine rings is 1. The molecule has 1 saturated heterocycles. The maximum Gasteiger partial charge on any atom is 0.416 e. The molecule has 0 spiro atoms. The molecule has 1 unspecified atom stereocenters. The van der Waals surface area contributed by atoms with Crippen LogP contribution >= 0.6 is 11.8 Å². The molecule has 5 aromatic rings. The fourth-order valence-electron chi connectivity index (χ4n) is 6.55. The van der Waals surface area contributed by atoms with E-state index in [1.54, 1.807) is 23.2 Å². The van der Waals surface area contributed by atoms with Crippen molar-refractivity contribution in [2.45, 2.75) is 68.8 Å². The normalized spacial score (nSPS) is 14.7. The van der Waals surface area contributed by atoms with Crippen LogP contribution in [-0.2, 0) is 29.8 Å². The number of halogens is 5. The van der Waals surface area contributed by atoms with Crippen molar-refractivity contribution in [3.63, 3.8) is 0 Å². The van der Waals surface area contributed by atoms with E-state index in [1.807, 2.05) is 36.1 Å². The molecule has 14 heteroatoms. The number of benzene rings is 3. The maximum absolute atomic E-state index is 14.6. The first-order valence-corrected chi connectivity index (χ1v) is 18.3. The van der Waals surface area contributed by atoms with Crippen molar-refractivity contribution in [1.29, 1.82) is 0 Å². The fraction of sp³-hybridized carbons (Fsp3) is 0.333. The molecular weight excluding hydrogens is 712 g/mol. The molecule has 0 saturated carbocycles. The van der Waals surface area contributed by atoms with E-state index in [0.717, 1.165) is 79.1 Å². The maximum atomic E-state index is 14.6. The molecule has 6 rings (SSSR count). The Morgan fingerprint density at radius 3 is 2.32 bits per heavy atom. The second-order valence-electron chi connectivity index (χ2n) is 13.1. The van der Waals surface area contributed by atoms with Crippen LogP contribution in [-0.4, -0.2) is 61.1 Å². The minimum Gasteiger partial charge on any atom is -0.334 e. The van der Waals surface area contributed by atoms with Crippen LogP contribution in [0.25, 0.3) is 11.1 Å². The van der Waals surface area contributed by atoms with Crippen molar-refractivity contribution >= 4 is 17.7 Å².